The number of amides is 3. The first-order valence-electron chi connectivity index (χ1n) is 9.94. The minimum atomic E-state index is -1.18. The maximum absolute atomic E-state index is 13.0. The Morgan fingerprint density at radius 3 is 1.90 bits per heavy atom. The summed E-state index contributed by atoms with van der Waals surface area (Å²) in [6, 6.07) is 5.35. The molecule has 4 unspecified atom stereocenters. The number of nitrogens with one attached hydrogen (secondary N) is 3. The second-order valence-electron chi connectivity index (χ2n) is 7.80. The molecule has 0 aromatic heterocycles. The number of rotatable bonds is 11. The van der Waals surface area contributed by atoms with Crippen LogP contribution in [0.1, 0.15) is 39.7 Å². The molecule has 6 N–H and O–H groups in total. The summed E-state index contributed by atoms with van der Waals surface area (Å²) in [4.78, 5) is 48.6. The van der Waals surface area contributed by atoms with Crippen LogP contribution in [0.15, 0.2) is 30.3 Å². The van der Waals surface area contributed by atoms with Crippen molar-refractivity contribution in [2.24, 2.45) is 11.7 Å². The van der Waals surface area contributed by atoms with Gasteiger partial charge in [-0.05, 0) is 31.7 Å². The first-order valence-corrected chi connectivity index (χ1v) is 9.94. The summed E-state index contributed by atoms with van der Waals surface area (Å²) >= 11 is 0. The number of hydrogen-bond donors (Lipinski definition) is 5. The number of carboxylic acid groups (broad SMARTS) is 1. The lowest BCUT2D eigenvalue weighted by molar-refractivity contribution is -0.141. The molecule has 0 aliphatic carbocycles. The number of carbonyl (C=O) groups excluding carboxylic acids is 3. The molecule has 30 heavy (non-hydrogen) atoms. The van der Waals surface area contributed by atoms with E-state index in [1.165, 1.54) is 13.8 Å². The van der Waals surface area contributed by atoms with E-state index in [0.717, 1.165) is 5.56 Å². The van der Waals surface area contributed by atoms with Crippen molar-refractivity contribution in [1.82, 2.24) is 16.0 Å². The van der Waals surface area contributed by atoms with Gasteiger partial charge in [-0.15, -0.1) is 0 Å². The number of hydrogen-bond acceptors (Lipinski definition) is 5. The van der Waals surface area contributed by atoms with Crippen LogP contribution in [0.2, 0.25) is 0 Å². The molecule has 1 rings (SSSR count). The first-order chi connectivity index (χ1) is 14.0. The molecule has 4 atom stereocenters. The Hall–Kier alpha value is -2.94. The van der Waals surface area contributed by atoms with E-state index in [1.807, 2.05) is 44.2 Å². The van der Waals surface area contributed by atoms with Crippen molar-refractivity contribution < 1.29 is 24.3 Å². The Bertz CT molecular complexity index is 736. The van der Waals surface area contributed by atoms with Gasteiger partial charge in [-0.1, -0.05) is 44.2 Å². The molecule has 9 nitrogen and oxygen atoms in total. The van der Waals surface area contributed by atoms with Crippen LogP contribution in [0.3, 0.4) is 0 Å². The van der Waals surface area contributed by atoms with Gasteiger partial charge in [-0.2, -0.15) is 0 Å². The lowest BCUT2D eigenvalue weighted by Gasteiger charge is -2.25. The quantitative estimate of drug-likeness (QED) is 0.345. The average Bonchev–Trinajstić information content (AvgIpc) is 2.66. The molecule has 9 heteroatoms. The van der Waals surface area contributed by atoms with Crippen molar-refractivity contribution >= 4 is 23.7 Å². The fourth-order valence-electron chi connectivity index (χ4n) is 2.71. The topological polar surface area (TPSA) is 151 Å². The molecule has 3 amide bonds. The van der Waals surface area contributed by atoms with Gasteiger partial charge >= 0.3 is 5.97 Å². The number of aliphatic carboxylic acids is 1. The SMILES string of the molecule is CC(C)CC(NC(=O)C(Cc1ccccc1)NC(=O)C(C)N)C(=O)NC(C)C(=O)O. The zero-order chi connectivity index (χ0) is 22.8. The van der Waals surface area contributed by atoms with Crippen molar-refractivity contribution in [3.8, 4) is 0 Å². The average molecular weight is 421 g/mol. The molecule has 0 aliphatic heterocycles. The second-order valence-corrected chi connectivity index (χ2v) is 7.80. The van der Waals surface area contributed by atoms with Gasteiger partial charge in [-0.3, -0.25) is 19.2 Å². The minimum absolute atomic E-state index is 0.0624. The van der Waals surface area contributed by atoms with Gasteiger partial charge in [0.25, 0.3) is 0 Å². The molecular formula is C21H32N4O5. The summed E-state index contributed by atoms with van der Waals surface area (Å²) in [5.41, 5.74) is 6.44. The van der Waals surface area contributed by atoms with E-state index in [-0.39, 0.29) is 12.3 Å². The molecule has 0 aliphatic rings. The molecule has 0 fully saturated rings. The van der Waals surface area contributed by atoms with Gasteiger partial charge in [0.15, 0.2) is 0 Å². The van der Waals surface area contributed by atoms with Crippen molar-refractivity contribution in [1.29, 1.82) is 0 Å². The Morgan fingerprint density at radius 2 is 1.40 bits per heavy atom. The lowest BCUT2D eigenvalue weighted by atomic mass is 10.0. The van der Waals surface area contributed by atoms with Crippen molar-refractivity contribution in [3.63, 3.8) is 0 Å². The van der Waals surface area contributed by atoms with Crippen LogP contribution in [-0.2, 0) is 25.6 Å². The highest BCUT2D eigenvalue weighted by atomic mass is 16.4. The monoisotopic (exact) mass is 420 g/mol. The van der Waals surface area contributed by atoms with Crippen LogP contribution in [0.5, 0.6) is 0 Å². The normalized spacial score (nSPS) is 14.9. The van der Waals surface area contributed by atoms with Crippen LogP contribution < -0.4 is 21.7 Å². The summed E-state index contributed by atoms with van der Waals surface area (Å²) < 4.78 is 0. The maximum atomic E-state index is 13.0. The fraction of sp³-hybridized carbons (Fsp3) is 0.524. The zero-order valence-corrected chi connectivity index (χ0v) is 17.8. The van der Waals surface area contributed by atoms with Crippen LogP contribution in [0.25, 0.3) is 0 Å². The van der Waals surface area contributed by atoms with E-state index < -0.39 is 47.9 Å². The van der Waals surface area contributed by atoms with Crippen LogP contribution >= 0.6 is 0 Å². The van der Waals surface area contributed by atoms with Crippen molar-refractivity contribution in [3.05, 3.63) is 35.9 Å². The highest BCUT2D eigenvalue weighted by Gasteiger charge is 2.29. The summed E-state index contributed by atoms with van der Waals surface area (Å²) in [6.07, 6.45) is 0.524. The van der Waals surface area contributed by atoms with Crippen LogP contribution in [0.4, 0.5) is 0 Å². The Kier molecular flexibility index (Phi) is 9.97. The van der Waals surface area contributed by atoms with E-state index >= 15 is 0 Å². The minimum Gasteiger partial charge on any atom is -0.480 e. The molecule has 0 heterocycles. The van der Waals surface area contributed by atoms with Gasteiger partial charge in [0.05, 0.1) is 6.04 Å². The number of nitrogens with two attached hydrogens (primary N) is 1. The van der Waals surface area contributed by atoms with Gasteiger partial charge in [0.1, 0.15) is 18.1 Å². The predicted octanol–water partition coefficient (Wildman–Crippen LogP) is 0.181. The molecule has 166 valence electrons. The third kappa shape index (κ3) is 8.60. The predicted molar refractivity (Wildman–Crippen MR) is 112 cm³/mol. The van der Waals surface area contributed by atoms with E-state index in [2.05, 4.69) is 16.0 Å². The third-order valence-corrected chi connectivity index (χ3v) is 4.40. The van der Waals surface area contributed by atoms with Crippen LogP contribution in [-0.4, -0.2) is 53.0 Å². The van der Waals surface area contributed by atoms with Gasteiger partial charge < -0.3 is 26.8 Å². The molecule has 0 saturated carbocycles. The van der Waals surface area contributed by atoms with E-state index in [9.17, 15) is 19.2 Å². The maximum Gasteiger partial charge on any atom is 0.325 e. The van der Waals surface area contributed by atoms with Gasteiger partial charge in [0, 0.05) is 6.42 Å². The third-order valence-electron chi connectivity index (χ3n) is 4.40. The zero-order valence-electron chi connectivity index (χ0n) is 17.8. The highest BCUT2D eigenvalue weighted by Crippen LogP contribution is 2.08. The van der Waals surface area contributed by atoms with E-state index in [0.29, 0.717) is 6.42 Å². The van der Waals surface area contributed by atoms with Crippen molar-refractivity contribution in [2.45, 2.75) is 64.7 Å². The molecule has 0 saturated heterocycles. The van der Waals surface area contributed by atoms with Gasteiger partial charge in [-0.25, -0.2) is 0 Å². The Balaban J connectivity index is 3.00. The summed E-state index contributed by atoms with van der Waals surface area (Å²) in [7, 11) is 0. The molecular weight excluding hydrogens is 388 g/mol. The fourth-order valence-corrected chi connectivity index (χ4v) is 2.71. The second kappa shape index (κ2) is 11.9. The molecule has 0 radical (unpaired) electrons. The standard InChI is InChI=1S/C21H32N4O5/c1-12(2)10-16(19(27)23-14(4)21(29)30)25-20(28)17(24-18(26)13(3)22)11-15-8-6-5-7-9-15/h5-9,12-14,16-17H,10-11,22H2,1-4H3,(H,23,27)(H,24,26)(H,25,28)(H,29,30). The van der Waals surface area contributed by atoms with Crippen LogP contribution in [0, 0.1) is 5.92 Å². The number of carboxylic acids is 1. The largest absolute Gasteiger partial charge is 0.480 e. The Morgan fingerprint density at radius 1 is 0.867 bits per heavy atom. The number of benzene rings is 1. The summed E-state index contributed by atoms with van der Waals surface area (Å²) in [6.45, 7) is 6.61. The molecule has 1 aromatic rings. The lowest BCUT2D eigenvalue weighted by Crippen LogP contribution is -2.57. The van der Waals surface area contributed by atoms with E-state index in [1.54, 1.807) is 0 Å². The molecule has 0 spiro atoms. The molecule has 1 aromatic carbocycles. The van der Waals surface area contributed by atoms with E-state index in [4.69, 9.17) is 10.8 Å². The highest BCUT2D eigenvalue weighted by molar-refractivity contribution is 5.94. The number of carbonyl (C=O) groups is 4. The van der Waals surface area contributed by atoms with Crippen molar-refractivity contribution in [2.75, 3.05) is 0 Å². The molecule has 0 bridgehead atoms. The summed E-state index contributed by atoms with van der Waals surface area (Å²) in [5, 5.41) is 16.7. The smallest absolute Gasteiger partial charge is 0.325 e. The first kappa shape index (κ1) is 25.1. The summed E-state index contributed by atoms with van der Waals surface area (Å²) in [5.74, 6) is -2.74. The van der Waals surface area contributed by atoms with Gasteiger partial charge in [0.2, 0.25) is 17.7 Å². The Labute approximate surface area is 176 Å².